The van der Waals surface area contributed by atoms with E-state index in [-0.39, 0.29) is 13.4 Å². The van der Waals surface area contributed by atoms with Crippen molar-refractivity contribution in [2.24, 2.45) is 29.6 Å². The van der Waals surface area contributed by atoms with E-state index in [0.717, 1.165) is 35.9 Å². The van der Waals surface area contributed by atoms with Gasteiger partial charge in [-0.25, -0.2) is 0 Å². The molecule has 0 spiro atoms. The van der Waals surface area contributed by atoms with E-state index in [4.69, 9.17) is 0 Å². The molecule has 0 amide bonds. The molecule has 4 aliphatic carbocycles. The highest BCUT2D eigenvalue weighted by atomic mass is 15.3. The van der Waals surface area contributed by atoms with Crippen molar-refractivity contribution in [3.63, 3.8) is 0 Å². The first-order chi connectivity index (χ1) is 57.5. The first-order valence-electron chi connectivity index (χ1n) is 42.8. The second-order valence-corrected chi connectivity index (χ2v) is 35.0. The Morgan fingerprint density at radius 2 is 0.543 bits per heavy atom. The van der Waals surface area contributed by atoms with Gasteiger partial charge < -0.3 is 29.4 Å². The summed E-state index contributed by atoms with van der Waals surface area (Å²) in [5, 5.41) is 0. The predicted molar refractivity (Wildman–Crippen MR) is 487 cm³/mol. The fourth-order valence-electron chi connectivity index (χ4n) is 24.5. The van der Waals surface area contributed by atoms with Gasteiger partial charge in [0.15, 0.2) is 0 Å². The van der Waals surface area contributed by atoms with Gasteiger partial charge >= 0.3 is 0 Å². The first-order valence-corrected chi connectivity index (χ1v) is 42.8. The summed E-state index contributed by atoms with van der Waals surface area (Å²) in [6.07, 6.45) is 11.6. The average molecular weight is 1490 g/mol. The molecule has 116 heavy (non-hydrogen) atoms. The van der Waals surface area contributed by atoms with Crippen LogP contribution in [0.4, 0.5) is 79.6 Å². The van der Waals surface area contributed by atoms with E-state index in [1.165, 1.54) is 231 Å². The normalized spacial score (nSPS) is 21.0. The summed E-state index contributed by atoms with van der Waals surface area (Å²) in [5.41, 5.74) is 39.3. The first kappa shape index (κ1) is 66.6. The molecule has 7 bridgehead atoms. The van der Waals surface area contributed by atoms with E-state index >= 15 is 0 Å². The molecule has 0 aromatic heterocycles. The minimum atomic E-state index is -0.223. The molecule has 7 fully saturated rings. The Morgan fingerprint density at radius 3 is 0.957 bits per heavy atom. The van der Waals surface area contributed by atoms with Crippen LogP contribution >= 0.6 is 0 Å². The van der Waals surface area contributed by atoms with Crippen molar-refractivity contribution in [1.82, 2.24) is 0 Å². The van der Waals surface area contributed by atoms with Gasteiger partial charge in [0.1, 0.15) is 0 Å². The molecule has 15 aromatic rings. The zero-order valence-electron chi connectivity index (χ0n) is 65.0. The smallest absolute Gasteiger partial charge is 0.252 e. The maximum Gasteiger partial charge on any atom is 0.252 e. The Labute approximate surface area is 681 Å². The van der Waals surface area contributed by atoms with E-state index < -0.39 is 0 Å². The van der Waals surface area contributed by atoms with Crippen molar-refractivity contribution in [2.45, 2.75) is 75.9 Å². The summed E-state index contributed by atoms with van der Waals surface area (Å²) in [6.45, 7) is 0.669. The predicted octanol–water partition coefficient (Wildman–Crippen LogP) is 23.2. The molecule has 3 saturated heterocycles. The molecule has 7 aliphatic heterocycles. The number of anilines is 14. The minimum Gasteiger partial charge on any atom is -0.368 e. The maximum absolute atomic E-state index is 2.98. The SMILES string of the molecule is c1ccc(-c2cccc(-c3ccccc3)c2N2c3ccccc3B3c4cc5c(cc4N(c4ccccc4)c4cc(N6CC7CC8CC7CC6C8)cc2c43)N(c2c(-c3ccccc3)cccc2-c2ccccc2)c2cc(N3C4CC6CC(C4)CC3C6)cc3c2B5c2ccccc2N3c2c(-c3ccccc3)cccc2-c2ccccc2)cc1. The van der Waals surface area contributed by atoms with Crippen LogP contribution in [-0.4, -0.2) is 38.1 Å². The van der Waals surface area contributed by atoms with Crippen LogP contribution in [0.25, 0.3) is 66.8 Å². The third-order valence-electron chi connectivity index (χ3n) is 28.8. The van der Waals surface area contributed by atoms with Crippen LogP contribution in [0.3, 0.4) is 0 Å². The van der Waals surface area contributed by atoms with Gasteiger partial charge in [0.2, 0.25) is 0 Å². The van der Waals surface area contributed by atoms with Crippen LogP contribution in [0, 0.1) is 29.6 Å². The second kappa shape index (κ2) is 26.4. The summed E-state index contributed by atoms with van der Waals surface area (Å²) in [6, 6.07) is 137. The number of nitrogens with zero attached hydrogens (tertiary/aromatic N) is 6. The van der Waals surface area contributed by atoms with E-state index in [1.54, 1.807) is 0 Å². The van der Waals surface area contributed by atoms with Gasteiger partial charge in [-0.3, -0.25) is 0 Å². The van der Waals surface area contributed by atoms with Crippen LogP contribution in [0.2, 0.25) is 0 Å². The highest BCUT2D eigenvalue weighted by molar-refractivity contribution is 7.03. The number of fused-ring (bicyclic) bond motifs is 10. The van der Waals surface area contributed by atoms with E-state index in [1.807, 2.05) is 0 Å². The maximum atomic E-state index is 2.98. The van der Waals surface area contributed by atoms with E-state index in [0.29, 0.717) is 24.0 Å². The fourth-order valence-corrected chi connectivity index (χ4v) is 24.5. The Kier molecular flexibility index (Phi) is 15.2. The number of piperidine rings is 3. The number of para-hydroxylation sites is 6. The molecular formula is C108H86B2N6. The van der Waals surface area contributed by atoms with Gasteiger partial charge in [-0.15, -0.1) is 0 Å². The van der Waals surface area contributed by atoms with Crippen molar-refractivity contribution >= 4 is 126 Å². The quantitative estimate of drug-likeness (QED) is 0.113. The van der Waals surface area contributed by atoms with Crippen molar-refractivity contribution < 1.29 is 0 Å². The van der Waals surface area contributed by atoms with Gasteiger partial charge in [0.25, 0.3) is 13.4 Å². The molecule has 6 nitrogen and oxygen atoms in total. The van der Waals surface area contributed by atoms with Crippen molar-refractivity contribution in [2.75, 3.05) is 35.9 Å². The molecule has 11 aliphatic rings. The Hall–Kier alpha value is -12.8. The summed E-state index contributed by atoms with van der Waals surface area (Å²) in [5.74, 6) is 3.83. The average Bonchev–Trinajstić information content (AvgIpc) is 0.684. The van der Waals surface area contributed by atoms with E-state index in [2.05, 4.69) is 381 Å². The Bertz CT molecular complexity index is 6220. The zero-order chi connectivity index (χ0) is 75.8. The van der Waals surface area contributed by atoms with Crippen molar-refractivity contribution in [3.8, 4) is 66.8 Å². The number of rotatable bonds is 12. The third kappa shape index (κ3) is 10.2. The summed E-state index contributed by atoms with van der Waals surface area (Å²) >= 11 is 0. The topological polar surface area (TPSA) is 19.4 Å². The molecule has 0 radical (unpaired) electrons. The molecule has 554 valence electrons. The van der Waals surface area contributed by atoms with Crippen molar-refractivity contribution in [1.29, 1.82) is 0 Å². The lowest BCUT2D eigenvalue weighted by Gasteiger charge is -2.58. The highest BCUT2D eigenvalue weighted by Crippen LogP contribution is 2.60. The molecule has 15 aromatic carbocycles. The van der Waals surface area contributed by atoms with Crippen LogP contribution in [0.1, 0.15) is 57.8 Å². The lowest BCUT2D eigenvalue weighted by molar-refractivity contribution is 0.0900. The summed E-state index contributed by atoms with van der Waals surface area (Å²) in [4.78, 5) is 17.0. The van der Waals surface area contributed by atoms with Crippen LogP contribution in [0.15, 0.2) is 352 Å². The Balaban J connectivity index is 0.823. The molecule has 0 N–H and O–H groups in total. The van der Waals surface area contributed by atoms with Crippen LogP contribution < -0.4 is 62.2 Å². The zero-order valence-corrected chi connectivity index (χ0v) is 65.0. The summed E-state index contributed by atoms with van der Waals surface area (Å²) < 4.78 is 0. The second-order valence-electron chi connectivity index (χ2n) is 35.0. The molecule has 8 heteroatoms. The van der Waals surface area contributed by atoms with Crippen LogP contribution in [0.5, 0.6) is 0 Å². The monoisotopic (exact) mass is 1490 g/mol. The minimum absolute atomic E-state index is 0.196. The summed E-state index contributed by atoms with van der Waals surface area (Å²) in [7, 11) is 0. The third-order valence-corrected chi connectivity index (χ3v) is 28.8. The van der Waals surface area contributed by atoms with Gasteiger partial charge in [-0.1, -0.05) is 297 Å². The fraction of sp³-hybridized carbons (Fsp3) is 0.167. The number of hydrogen-bond donors (Lipinski definition) is 0. The molecule has 4 atom stereocenters. The van der Waals surface area contributed by atoms with Gasteiger partial charge in [0, 0.05) is 121 Å². The highest BCUT2D eigenvalue weighted by Gasteiger charge is 2.54. The number of benzene rings is 15. The van der Waals surface area contributed by atoms with Crippen molar-refractivity contribution in [3.05, 3.63) is 352 Å². The largest absolute Gasteiger partial charge is 0.368 e. The molecular weight excluding hydrogens is 1400 g/mol. The van der Waals surface area contributed by atoms with E-state index in [9.17, 15) is 0 Å². The van der Waals surface area contributed by atoms with Gasteiger partial charge in [0.05, 0.1) is 17.1 Å². The van der Waals surface area contributed by atoms with Crippen LogP contribution in [-0.2, 0) is 0 Å². The lowest BCUT2D eigenvalue weighted by Crippen LogP contribution is -2.65. The Morgan fingerprint density at radius 1 is 0.216 bits per heavy atom. The lowest BCUT2D eigenvalue weighted by atomic mass is 9.30. The molecule has 26 rings (SSSR count). The standard InChI is InChI=1S/C108H86B2N6/c1-8-29-72(30-9-1)86-43-26-44-87(73-31-10-2-11-32-73)106(86)114-96-51-24-22-49-92(96)109-94-66-95-99(67-98(94)113(80-41-20-7-21-42-80)100-62-82(63-101(114)104(100)109)111-68-79-55-71-54-78(79)61-81(111)56-71)116(108-90(76-37-16-5-17-38-76)47-28-48-91(108)77-39-18-6-19-40-77)103-65-85(112-83-57-69-53-70(59-83)60-84(112)58-69)64-102-105(103)110(95)93-50-23-25-52-97(93)115(102)107-88(74-33-12-3-13-34-74)45-27-46-89(107)75-35-14-4-15-36-75/h1-52,62-67,69-71,78-79,81,83-84H,53-61,68H2. The molecule has 7 heterocycles. The van der Waals surface area contributed by atoms with Gasteiger partial charge in [-0.05, 0) is 208 Å². The molecule has 4 saturated carbocycles. The number of hydrogen-bond acceptors (Lipinski definition) is 6. The molecule has 4 unspecified atom stereocenters. The van der Waals surface area contributed by atoms with Gasteiger partial charge in [-0.2, -0.15) is 0 Å².